The summed E-state index contributed by atoms with van der Waals surface area (Å²) in [6.45, 7) is 5.30. The molecule has 0 radical (unpaired) electrons. The molecule has 0 heterocycles. The lowest BCUT2D eigenvalue weighted by molar-refractivity contribution is 0.101. The summed E-state index contributed by atoms with van der Waals surface area (Å²) in [4.78, 5) is 11.2. The molecule has 0 saturated carbocycles. The lowest BCUT2D eigenvalue weighted by Gasteiger charge is -2.14. The van der Waals surface area contributed by atoms with Crippen LogP contribution in [0.3, 0.4) is 0 Å². The van der Waals surface area contributed by atoms with Crippen molar-refractivity contribution in [2.45, 2.75) is 33.3 Å². The largest absolute Gasteiger partial charge is 0.490 e. The molecule has 0 fully saturated rings. The number of benzene rings is 1. The van der Waals surface area contributed by atoms with Crippen LogP contribution in [0.15, 0.2) is 18.2 Å². The lowest BCUT2D eigenvalue weighted by atomic mass is 10.1. The third-order valence-corrected chi connectivity index (χ3v) is 2.22. The van der Waals surface area contributed by atoms with Crippen LogP contribution in [0.5, 0.6) is 5.75 Å². The second-order valence-electron chi connectivity index (χ2n) is 3.53. The van der Waals surface area contributed by atoms with Gasteiger partial charge in [0.05, 0.1) is 11.7 Å². The van der Waals surface area contributed by atoms with Crippen LogP contribution in [-0.2, 0) is 0 Å². The maximum atomic E-state index is 12.9. The van der Waals surface area contributed by atoms with E-state index in [4.69, 9.17) is 4.74 Å². The van der Waals surface area contributed by atoms with Gasteiger partial charge >= 0.3 is 0 Å². The van der Waals surface area contributed by atoms with Crippen molar-refractivity contribution in [2.24, 2.45) is 0 Å². The molecule has 82 valence electrons. The van der Waals surface area contributed by atoms with Crippen molar-refractivity contribution in [1.29, 1.82) is 0 Å². The average Bonchev–Trinajstić information content (AvgIpc) is 2.20. The van der Waals surface area contributed by atoms with Gasteiger partial charge in [-0.3, -0.25) is 4.79 Å². The first-order valence-corrected chi connectivity index (χ1v) is 5.01. The number of Topliss-reactive ketones (excluding diaryl/α,β-unsaturated/α-hetero) is 1. The molecule has 1 aromatic rings. The molecule has 0 N–H and O–H groups in total. The summed E-state index contributed by atoms with van der Waals surface area (Å²) in [7, 11) is 0. The van der Waals surface area contributed by atoms with Crippen molar-refractivity contribution in [1.82, 2.24) is 0 Å². The zero-order valence-corrected chi connectivity index (χ0v) is 9.21. The standard InChI is InChI=1S/C12H15FO2/c1-4-8(2)15-12-6-5-10(13)7-11(12)9(3)14/h5-8H,4H2,1-3H3. The van der Waals surface area contributed by atoms with E-state index in [9.17, 15) is 9.18 Å². The van der Waals surface area contributed by atoms with E-state index in [1.54, 1.807) is 0 Å². The minimum atomic E-state index is -0.420. The van der Waals surface area contributed by atoms with Gasteiger partial charge in [-0.15, -0.1) is 0 Å². The number of ether oxygens (including phenoxy) is 1. The van der Waals surface area contributed by atoms with Crippen molar-refractivity contribution < 1.29 is 13.9 Å². The van der Waals surface area contributed by atoms with Gasteiger partial charge in [-0.05, 0) is 38.5 Å². The Morgan fingerprint density at radius 3 is 2.73 bits per heavy atom. The molecule has 1 rings (SSSR count). The Bertz CT molecular complexity index is 361. The van der Waals surface area contributed by atoms with Crippen LogP contribution in [0.25, 0.3) is 0 Å². The number of rotatable bonds is 4. The van der Waals surface area contributed by atoms with Crippen LogP contribution < -0.4 is 4.74 Å². The highest BCUT2D eigenvalue weighted by Crippen LogP contribution is 2.22. The average molecular weight is 210 g/mol. The van der Waals surface area contributed by atoms with Crippen molar-refractivity contribution in [2.75, 3.05) is 0 Å². The van der Waals surface area contributed by atoms with Gasteiger partial charge in [-0.25, -0.2) is 4.39 Å². The number of ketones is 1. The van der Waals surface area contributed by atoms with E-state index in [2.05, 4.69) is 0 Å². The number of halogens is 1. The second kappa shape index (κ2) is 4.91. The smallest absolute Gasteiger partial charge is 0.163 e. The Hall–Kier alpha value is -1.38. The first-order valence-electron chi connectivity index (χ1n) is 5.01. The van der Waals surface area contributed by atoms with Gasteiger partial charge in [0.2, 0.25) is 0 Å². The zero-order chi connectivity index (χ0) is 11.4. The third kappa shape index (κ3) is 3.05. The van der Waals surface area contributed by atoms with E-state index in [0.29, 0.717) is 11.3 Å². The predicted octanol–water partition coefficient (Wildman–Crippen LogP) is 3.21. The summed E-state index contributed by atoms with van der Waals surface area (Å²) in [5, 5.41) is 0. The van der Waals surface area contributed by atoms with E-state index in [1.807, 2.05) is 13.8 Å². The summed E-state index contributed by atoms with van der Waals surface area (Å²) >= 11 is 0. The molecular formula is C12H15FO2. The molecule has 1 atom stereocenters. The van der Waals surface area contributed by atoms with Crippen molar-refractivity contribution in [3.05, 3.63) is 29.6 Å². The first kappa shape index (κ1) is 11.7. The highest BCUT2D eigenvalue weighted by molar-refractivity contribution is 5.96. The molecule has 3 heteroatoms. The number of carbonyl (C=O) groups is 1. The summed E-state index contributed by atoms with van der Waals surface area (Å²) in [6, 6.07) is 4.00. The maximum absolute atomic E-state index is 12.9. The summed E-state index contributed by atoms with van der Waals surface area (Å²) in [5.74, 6) is -0.150. The van der Waals surface area contributed by atoms with Crippen LogP contribution in [0.2, 0.25) is 0 Å². The zero-order valence-electron chi connectivity index (χ0n) is 9.21. The molecule has 0 bridgehead atoms. The molecule has 0 aliphatic carbocycles. The normalized spacial score (nSPS) is 12.3. The van der Waals surface area contributed by atoms with E-state index < -0.39 is 5.82 Å². The number of carbonyl (C=O) groups excluding carboxylic acids is 1. The summed E-state index contributed by atoms with van der Waals surface area (Å²) < 4.78 is 18.4. The Balaban J connectivity index is 3.01. The Morgan fingerprint density at radius 2 is 2.20 bits per heavy atom. The van der Waals surface area contributed by atoms with Gasteiger partial charge < -0.3 is 4.74 Å². The summed E-state index contributed by atoms with van der Waals surface area (Å²) in [6.07, 6.45) is 0.864. The molecule has 1 aromatic carbocycles. The fourth-order valence-corrected chi connectivity index (χ4v) is 1.18. The van der Waals surface area contributed by atoms with Gasteiger partial charge in [-0.2, -0.15) is 0 Å². The van der Waals surface area contributed by atoms with Crippen molar-refractivity contribution in [3.8, 4) is 5.75 Å². The van der Waals surface area contributed by atoms with Gasteiger partial charge in [0.25, 0.3) is 0 Å². The van der Waals surface area contributed by atoms with Crippen LogP contribution in [0, 0.1) is 5.82 Å². The van der Waals surface area contributed by atoms with Crippen LogP contribution >= 0.6 is 0 Å². The Labute approximate surface area is 89.1 Å². The minimum Gasteiger partial charge on any atom is -0.490 e. The highest BCUT2D eigenvalue weighted by atomic mass is 19.1. The molecule has 0 saturated heterocycles. The van der Waals surface area contributed by atoms with E-state index in [0.717, 1.165) is 6.42 Å². The lowest BCUT2D eigenvalue weighted by Crippen LogP contribution is -2.12. The third-order valence-electron chi connectivity index (χ3n) is 2.22. The van der Waals surface area contributed by atoms with Gasteiger partial charge in [0.1, 0.15) is 11.6 Å². The Kier molecular flexibility index (Phi) is 3.83. The highest BCUT2D eigenvalue weighted by Gasteiger charge is 2.11. The van der Waals surface area contributed by atoms with Crippen LogP contribution in [0.1, 0.15) is 37.6 Å². The monoisotopic (exact) mass is 210 g/mol. The quantitative estimate of drug-likeness (QED) is 0.713. The fourth-order valence-electron chi connectivity index (χ4n) is 1.18. The van der Waals surface area contributed by atoms with E-state index in [1.165, 1.54) is 25.1 Å². The molecule has 0 amide bonds. The van der Waals surface area contributed by atoms with E-state index in [-0.39, 0.29) is 11.9 Å². The molecule has 0 aromatic heterocycles. The molecule has 0 aliphatic heterocycles. The second-order valence-corrected chi connectivity index (χ2v) is 3.53. The van der Waals surface area contributed by atoms with E-state index >= 15 is 0 Å². The fraction of sp³-hybridized carbons (Fsp3) is 0.417. The molecule has 1 unspecified atom stereocenters. The minimum absolute atomic E-state index is 0.0218. The number of hydrogen-bond donors (Lipinski definition) is 0. The SMILES string of the molecule is CCC(C)Oc1ccc(F)cc1C(C)=O. The summed E-state index contributed by atoms with van der Waals surface area (Å²) in [5.41, 5.74) is 0.301. The molecule has 0 aliphatic rings. The van der Waals surface area contributed by atoms with Crippen LogP contribution in [0.4, 0.5) is 4.39 Å². The molecule has 2 nitrogen and oxygen atoms in total. The molecule has 0 spiro atoms. The molecular weight excluding hydrogens is 195 g/mol. The number of hydrogen-bond acceptors (Lipinski definition) is 2. The first-order chi connectivity index (χ1) is 7.04. The van der Waals surface area contributed by atoms with Crippen LogP contribution in [-0.4, -0.2) is 11.9 Å². The van der Waals surface area contributed by atoms with Crippen molar-refractivity contribution in [3.63, 3.8) is 0 Å². The Morgan fingerprint density at radius 1 is 1.53 bits per heavy atom. The van der Waals surface area contributed by atoms with Gasteiger partial charge in [0, 0.05) is 0 Å². The topological polar surface area (TPSA) is 26.3 Å². The van der Waals surface area contributed by atoms with Gasteiger partial charge in [0.15, 0.2) is 5.78 Å². The predicted molar refractivity (Wildman–Crippen MR) is 56.8 cm³/mol. The molecule has 15 heavy (non-hydrogen) atoms. The maximum Gasteiger partial charge on any atom is 0.163 e. The van der Waals surface area contributed by atoms with Gasteiger partial charge in [-0.1, -0.05) is 6.92 Å². The van der Waals surface area contributed by atoms with Crippen molar-refractivity contribution >= 4 is 5.78 Å².